The number of hydrogen-bond acceptors (Lipinski definition) is 7. The molecular weight excluding hydrogens is 346 g/mol. The summed E-state index contributed by atoms with van der Waals surface area (Å²) in [5, 5.41) is 15.3. The molecular formula is C19H19N5O3. The van der Waals surface area contributed by atoms with Crippen molar-refractivity contribution in [3.05, 3.63) is 59.7 Å². The van der Waals surface area contributed by atoms with Gasteiger partial charge in [0.15, 0.2) is 11.5 Å². The number of tetrazole rings is 1. The maximum absolute atomic E-state index is 5.61. The van der Waals surface area contributed by atoms with Crippen LogP contribution < -0.4 is 19.5 Å². The van der Waals surface area contributed by atoms with Gasteiger partial charge < -0.3 is 19.5 Å². The van der Waals surface area contributed by atoms with Gasteiger partial charge in [-0.1, -0.05) is 17.2 Å². The zero-order valence-electron chi connectivity index (χ0n) is 15.2. The third-order valence-electron chi connectivity index (χ3n) is 4.48. The highest BCUT2D eigenvalue weighted by atomic mass is 16.5. The van der Waals surface area contributed by atoms with E-state index in [2.05, 4.69) is 26.9 Å². The average molecular weight is 365 g/mol. The van der Waals surface area contributed by atoms with Gasteiger partial charge in [0.25, 0.3) is 0 Å². The number of fused-ring (bicyclic) bond motifs is 1. The van der Waals surface area contributed by atoms with Gasteiger partial charge in [0.1, 0.15) is 11.8 Å². The molecule has 1 aliphatic rings. The van der Waals surface area contributed by atoms with Crippen molar-refractivity contribution < 1.29 is 14.2 Å². The molecule has 1 aliphatic heterocycles. The third kappa shape index (κ3) is 2.95. The molecule has 3 aromatic rings. The number of anilines is 1. The number of benzene rings is 2. The second-order valence-electron chi connectivity index (χ2n) is 5.91. The molecule has 2 aromatic carbocycles. The lowest BCUT2D eigenvalue weighted by molar-refractivity contribution is 0.348. The van der Waals surface area contributed by atoms with E-state index in [1.54, 1.807) is 26.0 Å². The first-order valence-electron chi connectivity index (χ1n) is 8.37. The van der Waals surface area contributed by atoms with Gasteiger partial charge in [0.05, 0.1) is 21.3 Å². The Bertz CT molecular complexity index is 981. The Morgan fingerprint density at radius 3 is 2.48 bits per heavy atom. The highest BCUT2D eigenvalue weighted by Crippen LogP contribution is 2.40. The third-order valence-corrected chi connectivity index (χ3v) is 4.48. The van der Waals surface area contributed by atoms with Crippen LogP contribution >= 0.6 is 0 Å². The van der Waals surface area contributed by atoms with Gasteiger partial charge in [-0.05, 0) is 52.4 Å². The predicted octanol–water partition coefficient (Wildman–Crippen LogP) is 2.75. The Kier molecular flexibility index (Phi) is 4.37. The Hall–Kier alpha value is -3.55. The van der Waals surface area contributed by atoms with Gasteiger partial charge >= 0.3 is 0 Å². The molecule has 8 heteroatoms. The van der Waals surface area contributed by atoms with E-state index >= 15 is 0 Å². The fourth-order valence-electron chi connectivity index (χ4n) is 3.16. The molecule has 4 rings (SSSR count). The van der Waals surface area contributed by atoms with E-state index in [0.717, 1.165) is 22.6 Å². The smallest absolute Gasteiger partial charge is 0.248 e. The van der Waals surface area contributed by atoms with Crippen molar-refractivity contribution in [2.45, 2.75) is 6.04 Å². The molecule has 0 radical (unpaired) electrons. The summed E-state index contributed by atoms with van der Waals surface area (Å²) in [7, 11) is 4.88. The normalized spacial score (nSPS) is 15.4. The monoisotopic (exact) mass is 365 g/mol. The van der Waals surface area contributed by atoms with Crippen molar-refractivity contribution in [1.29, 1.82) is 0 Å². The van der Waals surface area contributed by atoms with Gasteiger partial charge in [0.2, 0.25) is 5.95 Å². The Morgan fingerprint density at radius 1 is 0.963 bits per heavy atom. The summed E-state index contributed by atoms with van der Waals surface area (Å²) in [6.45, 7) is 0. The molecule has 2 heterocycles. The lowest BCUT2D eigenvalue weighted by Gasteiger charge is -2.25. The molecule has 0 spiro atoms. The van der Waals surface area contributed by atoms with E-state index in [0.29, 0.717) is 17.4 Å². The van der Waals surface area contributed by atoms with Crippen LogP contribution in [0, 0.1) is 0 Å². The van der Waals surface area contributed by atoms with Crippen LogP contribution in [-0.4, -0.2) is 41.5 Å². The first kappa shape index (κ1) is 16.9. The van der Waals surface area contributed by atoms with Crippen LogP contribution in [0.3, 0.4) is 0 Å². The Labute approximate surface area is 156 Å². The van der Waals surface area contributed by atoms with Crippen LogP contribution in [-0.2, 0) is 0 Å². The highest BCUT2D eigenvalue weighted by Gasteiger charge is 2.27. The molecule has 0 amide bonds. The molecule has 1 N–H and O–H groups in total. The van der Waals surface area contributed by atoms with Crippen molar-refractivity contribution in [1.82, 2.24) is 20.2 Å². The summed E-state index contributed by atoms with van der Waals surface area (Å²) in [4.78, 5) is 0. The van der Waals surface area contributed by atoms with E-state index in [1.165, 1.54) is 0 Å². The van der Waals surface area contributed by atoms with Crippen molar-refractivity contribution in [2.24, 2.45) is 0 Å². The largest absolute Gasteiger partial charge is 0.497 e. The average Bonchev–Trinajstić information content (AvgIpc) is 3.21. The number of methoxy groups -OCH3 is 3. The molecule has 0 saturated carbocycles. The van der Waals surface area contributed by atoms with Crippen molar-refractivity contribution in [3.8, 4) is 17.2 Å². The number of ether oxygens (including phenoxy) is 3. The predicted molar refractivity (Wildman–Crippen MR) is 100 cm³/mol. The highest BCUT2D eigenvalue weighted by molar-refractivity contribution is 5.77. The standard InChI is InChI=1S/C19H19N5O3/c1-25-13-9-7-12(8-10-13)15-11-16(24-19(20-15)21-22-23-24)14-5-4-6-17(26-2)18(14)27-3/h4-11,16H,1-3H3,(H,20,21,23)/t16-/m1/s1. The quantitative estimate of drug-likeness (QED) is 0.744. The number of para-hydroxylation sites is 1. The fourth-order valence-corrected chi connectivity index (χ4v) is 3.16. The second-order valence-corrected chi connectivity index (χ2v) is 5.91. The minimum absolute atomic E-state index is 0.251. The lowest BCUT2D eigenvalue weighted by atomic mass is 10.0. The van der Waals surface area contributed by atoms with Crippen LogP contribution in [0.1, 0.15) is 17.2 Å². The molecule has 0 unspecified atom stereocenters. The van der Waals surface area contributed by atoms with Crippen LogP contribution in [0.4, 0.5) is 5.95 Å². The van der Waals surface area contributed by atoms with Crippen LogP contribution in [0.2, 0.25) is 0 Å². The molecule has 0 fully saturated rings. The zero-order chi connectivity index (χ0) is 18.8. The first-order valence-corrected chi connectivity index (χ1v) is 8.37. The van der Waals surface area contributed by atoms with E-state index in [1.807, 2.05) is 42.5 Å². The Balaban J connectivity index is 1.82. The van der Waals surface area contributed by atoms with Crippen molar-refractivity contribution >= 4 is 11.6 Å². The second kappa shape index (κ2) is 6.99. The number of rotatable bonds is 5. The summed E-state index contributed by atoms with van der Waals surface area (Å²) >= 11 is 0. The van der Waals surface area contributed by atoms with Gasteiger partial charge in [-0.2, -0.15) is 4.68 Å². The minimum Gasteiger partial charge on any atom is -0.497 e. The lowest BCUT2D eigenvalue weighted by Crippen LogP contribution is -2.20. The SMILES string of the molecule is COc1ccc(C2=C[C@H](c3cccc(OC)c3OC)n3nnnc3N2)cc1. The summed E-state index contributed by atoms with van der Waals surface area (Å²) in [5.41, 5.74) is 2.80. The maximum Gasteiger partial charge on any atom is 0.248 e. The number of allylic oxidation sites excluding steroid dienone is 1. The first-order chi connectivity index (χ1) is 13.2. The van der Waals surface area contributed by atoms with E-state index in [4.69, 9.17) is 14.2 Å². The molecule has 138 valence electrons. The number of nitrogens with zero attached hydrogens (tertiary/aromatic N) is 4. The summed E-state index contributed by atoms with van der Waals surface area (Å²) in [6.07, 6.45) is 2.06. The number of aromatic nitrogens is 4. The van der Waals surface area contributed by atoms with Gasteiger partial charge in [0, 0.05) is 11.3 Å². The van der Waals surface area contributed by atoms with E-state index in [9.17, 15) is 0 Å². The topological polar surface area (TPSA) is 83.3 Å². The van der Waals surface area contributed by atoms with Crippen LogP contribution in [0.5, 0.6) is 17.2 Å². The molecule has 8 nitrogen and oxygen atoms in total. The van der Waals surface area contributed by atoms with Crippen LogP contribution in [0.25, 0.3) is 5.70 Å². The number of nitrogens with one attached hydrogen (secondary N) is 1. The fraction of sp³-hybridized carbons (Fsp3) is 0.211. The minimum atomic E-state index is -0.251. The molecule has 1 aromatic heterocycles. The van der Waals surface area contributed by atoms with Crippen molar-refractivity contribution in [3.63, 3.8) is 0 Å². The summed E-state index contributed by atoms with van der Waals surface area (Å²) < 4.78 is 18.0. The summed E-state index contributed by atoms with van der Waals surface area (Å²) in [6, 6.07) is 13.3. The van der Waals surface area contributed by atoms with Gasteiger partial charge in [-0.15, -0.1) is 0 Å². The summed E-state index contributed by atoms with van der Waals surface area (Å²) in [5.74, 6) is 2.66. The molecule has 0 bridgehead atoms. The van der Waals surface area contributed by atoms with Crippen molar-refractivity contribution in [2.75, 3.05) is 26.6 Å². The molecule has 0 aliphatic carbocycles. The van der Waals surface area contributed by atoms with Gasteiger partial charge in [-0.25, -0.2) is 0 Å². The van der Waals surface area contributed by atoms with E-state index in [-0.39, 0.29) is 6.04 Å². The Morgan fingerprint density at radius 2 is 1.78 bits per heavy atom. The maximum atomic E-state index is 5.61. The zero-order valence-corrected chi connectivity index (χ0v) is 15.2. The molecule has 0 saturated heterocycles. The molecule has 1 atom stereocenters. The van der Waals surface area contributed by atoms with E-state index < -0.39 is 0 Å². The van der Waals surface area contributed by atoms with Gasteiger partial charge in [-0.3, -0.25) is 0 Å². The number of hydrogen-bond donors (Lipinski definition) is 1. The van der Waals surface area contributed by atoms with Crippen LogP contribution in [0.15, 0.2) is 48.5 Å². The molecule has 27 heavy (non-hydrogen) atoms.